The van der Waals surface area contributed by atoms with Crippen molar-refractivity contribution in [3.63, 3.8) is 0 Å². The van der Waals surface area contributed by atoms with Crippen molar-refractivity contribution in [1.29, 1.82) is 0 Å². The molecule has 0 amide bonds. The van der Waals surface area contributed by atoms with Crippen LogP contribution in [0.2, 0.25) is 0 Å². The minimum Gasteiger partial charge on any atom is -0.496 e. The third-order valence-electron chi connectivity index (χ3n) is 6.11. The van der Waals surface area contributed by atoms with E-state index >= 15 is 0 Å². The third-order valence-corrected chi connectivity index (χ3v) is 6.11. The topological polar surface area (TPSA) is 33.7 Å². The monoisotopic (exact) mass is 394 g/mol. The van der Waals surface area contributed by atoms with Crippen molar-refractivity contribution in [2.24, 2.45) is 11.8 Å². The Bertz CT molecular complexity index is 763. The van der Waals surface area contributed by atoms with Crippen LogP contribution in [0.15, 0.2) is 42.6 Å². The van der Waals surface area contributed by atoms with Gasteiger partial charge in [-0.3, -0.25) is 0 Å². The standard InChI is InChI=1S/C21H25F3N2O2/c1-27-18-8-7-17(28-21(22,23)24)12-16(18)13-25-19-14-5-6-15(11-14)20(19)26-9-3-2-4-10-26/h2-4,7-9,12,14-15,19-20,25H,5-6,10-11,13H2,1H3. The van der Waals surface area contributed by atoms with E-state index in [1.165, 1.54) is 44.6 Å². The molecule has 0 aromatic heterocycles. The molecule has 4 atom stereocenters. The molecule has 2 fully saturated rings. The zero-order chi connectivity index (χ0) is 19.7. The fraction of sp³-hybridized carbons (Fsp3) is 0.524. The molecule has 1 aromatic carbocycles. The van der Waals surface area contributed by atoms with E-state index < -0.39 is 6.36 Å². The summed E-state index contributed by atoms with van der Waals surface area (Å²) in [5.74, 6) is 1.61. The Morgan fingerprint density at radius 2 is 2.00 bits per heavy atom. The second kappa shape index (κ2) is 7.70. The van der Waals surface area contributed by atoms with Crippen molar-refractivity contribution >= 4 is 0 Å². The summed E-state index contributed by atoms with van der Waals surface area (Å²) < 4.78 is 47.1. The average molecular weight is 394 g/mol. The second-order valence-electron chi connectivity index (χ2n) is 7.72. The third kappa shape index (κ3) is 3.99. The summed E-state index contributed by atoms with van der Waals surface area (Å²) in [6, 6.07) is 4.94. The van der Waals surface area contributed by atoms with Crippen LogP contribution in [-0.2, 0) is 6.54 Å². The van der Waals surface area contributed by atoms with Crippen LogP contribution < -0.4 is 14.8 Å². The molecule has 152 valence electrons. The van der Waals surface area contributed by atoms with Crippen LogP contribution in [-0.4, -0.2) is 37.0 Å². The summed E-state index contributed by atoms with van der Waals surface area (Å²) in [5.41, 5.74) is 0.667. The summed E-state index contributed by atoms with van der Waals surface area (Å²) in [7, 11) is 1.52. The highest BCUT2D eigenvalue weighted by molar-refractivity contribution is 5.40. The van der Waals surface area contributed by atoms with Gasteiger partial charge in [-0.05, 0) is 61.6 Å². The van der Waals surface area contributed by atoms with E-state index in [9.17, 15) is 13.2 Å². The number of rotatable bonds is 6. The molecule has 0 saturated heterocycles. The SMILES string of the molecule is COc1ccc(OC(F)(F)F)cc1CNC1C2CCC(C2)C1N1C=CC=CC1. The van der Waals surface area contributed by atoms with Gasteiger partial charge in [-0.2, -0.15) is 0 Å². The first-order valence-electron chi connectivity index (χ1n) is 9.70. The Labute approximate surface area is 163 Å². The van der Waals surface area contributed by atoms with Crippen molar-refractivity contribution in [2.45, 2.75) is 44.3 Å². The quantitative estimate of drug-likeness (QED) is 0.783. The molecule has 4 nitrogen and oxygen atoms in total. The number of nitrogens with zero attached hydrogens (tertiary/aromatic N) is 1. The van der Waals surface area contributed by atoms with E-state index in [4.69, 9.17) is 4.74 Å². The normalized spacial score (nSPS) is 28.8. The summed E-state index contributed by atoms with van der Waals surface area (Å²) >= 11 is 0. The summed E-state index contributed by atoms with van der Waals surface area (Å²) in [6.45, 7) is 1.34. The van der Waals surface area contributed by atoms with Gasteiger partial charge in [-0.15, -0.1) is 13.2 Å². The summed E-state index contributed by atoms with van der Waals surface area (Å²) in [5, 5.41) is 3.63. The molecule has 28 heavy (non-hydrogen) atoms. The molecule has 4 rings (SSSR count). The molecular formula is C21H25F3N2O2. The summed E-state index contributed by atoms with van der Waals surface area (Å²) in [6.07, 6.45) is 7.40. The molecular weight excluding hydrogens is 369 g/mol. The van der Waals surface area contributed by atoms with Gasteiger partial charge in [-0.1, -0.05) is 12.2 Å². The fourth-order valence-electron chi connectivity index (χ4n) is 5.05. The van der Waals surface area contributed by atoms with E-state index in [1.807, 2.05) is 0 Å². The van der Waals surface area contributed by atoms with Crippen LogP contribution in [0.1, 0.15) is 24.8 Å². The van der Waals surface area contributed by atoms with Gasteiger partial charge >= 0.3 is 6.36 Å². The first-order chi connectivity index (χ1) is 13.4. The van der Waals surface area contributed by atoms with Gasteiger partial charge in [0, 0.05) is 30.7 Å². The lowest BCUT2D eigenvalue weighted by atomic mass is 9.88. The number of methoxy groups -OCH3 is 1. The molecule has 3 aliphatic rings. The van der Waals surface area contributed by atoms with Crippen LogP contribution in [0.3, 0.4) is 0 Å². The van der Waals surface area contributed by atoms with E-state index in [0.717, 1.165) is 6.54 Å². The van der Waals surface area contributed by atoms with Crippen LogP contribution >= 0.6 is 0 Å². The van der Waals surface area contributed by atoms with E-state index in [0.29, 0.717) is 41.8 Å². The van der Waals surface area contributed by atoms with Crippen LogP contribution in [0, 0.1) is 11.8 Å². The lowest BCUT2D eigenvalue weighted by Crippen LogP contribution is -2.51. The number of hydrogen-bond donors (Lipinski definition) is 1. The molecule has 1 aromatic rings. The maximum absolute atomic E-state index is 12.6. The molecule has 7 heteroatoms. The van der Waals surface area contributed by atoms with Gasteiger partial charge < -0.3 is 19.7 Å². The molecule has 0 spiro atoms. The lowest BCUT2D eigenvalue weighted by Gasteiger charge is -2.40. The largest absolute Gasteiger partial charge is 0.573 e. The highest BCUT2D eigenvalue weighted by Crippen LogP contribution is 2.47. The minimum atomic E-state index is -4.71. The Kier molecular flexibility index (Phi) is 5.27. The van der Waals surface area contributed by atoms with Crippen molar-refractivity contribution < 1.29 is 22.6 Å². The Balaban J connectivity index is 1.49. The number of allylic oxidation sites excluding steroid dienone is 2. The number of fused-ring (bicyclic) bond motifs is 2. The number of hydrogen-bond acceptors (Lipinski definition) is 4. The maximum atomic E-state index is 12.6. The lowest BCUT2D eigenvalue weighted by molar-refractivity contribution is -0.274. The first kappa shape index (κ1) is 19.2. The number of halogens is 3. The highest BCUT2D eigenvalue weighted by Gasteiger charge is 2.49. The molecule has 2 saturated carbocycles. The Hall–Kier alpha value is -2.15. The van der Waals surface area contributed by atoms with Gasteiger partial charge in [0.05, 0.1) is 7.11 Å². The first-order valence-corrected chi connectivity index (χ1v) is 9.70. The predicted molar refractivity (Wildman–Crippen MR) is 99.9 cm³/mol. The van der Waals surface area contributed by atoms with Gasteiger partial charge in [0.2, 0.25) is 0 Å². The number of alkyl halides is 3. The Morgan fingerprint density at radius 3 is 2.71 bits per heavy atom. The van der Waals surface area contributed by atoms with Crippen molar-refractivity contribution in [1.82, 2.24) is 10.2 Å². The molecule has 1 N–H and O–H groups in total. The van der Waals surface area contributed by atoms with Gasteiger partial charge in [0.15, 0.2) is 0 Å². The van der Waals surface area contributed by atoms with Gasteiger partial charge in [0.25, 0.3) is 0 Å². The van der Waals surface area contributed by atoms with Gasteiger partial charge in [-0.25, -0.2) is 0 Å². The molecule has 4 unspecified atom stereocenters. The minimum absolute atomic E-state index is 0.223. The molecule has 2 bridgehead atoms. The zero-order valence-corrected chi connectivity index (χ0v) is 15.8. The highest BCUT2D eigenvalue weighted by atomic mass is 19.4. The Morgan fingerprint density at radius 1 is 1.18 bits per heavy atom. The van der Waals surface area contributed by atoms with Crippen LogP contribution in [0.25, 0.3) is 0 Å². The number of ether oxygens (including phenoxy) is 2. The predicted octanol–water partition coefficient (Wildman–Crippen LogP) is 4.24. The van der Waals surface area contributed by atoms with Crippen molar-refractivity contribution in [3.8, 4) is 11.5 Å². The van der Waals surface area contributed by atoms with Crippen molar-refractivity contribution in [2.75, 3.05) is 13.7 Å². The van der Waals surface area contributed by atoms with Crippen molar-refractivity contribution in [3.05, 3.63) is 48.2 Å². The van der Waals surface area contributed by atoms with Crippen LogP contribution in [0.5, 0.6) is 11.5 Å². The second-order valence-corrected chi connectivity index (χ2v) is 7.72. The molecule has 1 heterocycles. The van der Waals surface area contributed by atoms with E-state index in [2.05, 4.69) is 39.4 Å². The van der Waals surface area contributed by atoms with Gasteiger partial charge in [0.1, 0.15) is 11.5 Å². The zero-order valence-electron chi connectivity index (χ0n) is 15.8. The molecule has 2 aliphatic carbocycles. The number of benzene rings is 1. The van der Waals surface area contributed by atoms with E-state index in [1.54, 1.807) is 0 Å². The van der Waals surface area contributed by atoms with Crippen LogP contribution in [0.4, 0.5) is 13.2 Å². The maximum Gasteiger partial charge on any atom is 0.573 e. The smallest absolute Gasteiger partial charge is 0.496 e. The molecule has 0 radical (unpaired) electrons. The fourth-order valence-corrected chi connectivity index (χ4v) is 5.05. The number of nitrogens with one attached hydrogen (secondary N) is 1. The van der Waals surface area contributed by atoms with E-state index in [-0.39, 0.29) is 5.75 Å². The average Bonchev–Trinajstić information content (AvgIpc) is 3.27. The summed E-state index contributed by atoms with van der Waals surface area (Å²) in [4.78, 5) is 2.39. The molecule has 1 aliphatic heterocycles.